The Morgan fingerprint density at radius 1 is 1.22 bits per heavy atom. The minimum atomic E-state index is -3.79. The molecule has 7 heteroatoms. The van der Waals surface area contributed by atoms with Crippen LogP contribution >= 0.6 is 11.6 Å². The Balaban J connectivity index is 2.05. The highest BCUT2D eigenvalue weighted by molar-refractivity contribution is 7.92. The number of sulfonamides is 1. The van der Waals surface area contributed by atoms with Crippen LogP contribution in [0.5, 0.6) is 0 Å². The highest BCUT2D eigenvalue weighted by Gasteiger charge is 2.37. The van der Waals surface area contributed by atoms with E-state index >= 15 is 0 Å². The van der Waals surface area contributed by atoms with Crippen molar-refractivity contribution in [2.75, 3.05) is 10.8 Å². The van der Waals surface area contributed by atoms with E-state index in [1.54, 1.807) is 36.4 Å². The lowest BCUT2D eigenvalue weighted by Gasteiger charge is -2.20. The number of benzene rings is 2. The molecule has 0 saturated carbocycles. The number of nitrogens with zero attached hydrogens (tertiary/aromatic N) is 1. The molecule has 0 fully saturated rings. The summed E-state index contributed by atoms with van der Waals surface area (Å²) in [5, 5.41) is 9.39. The molecule has 1 unspecified atom stereocenters. The summed E-state index contributed by atoms with van der Waals surface area (Å²) in [6.45, 7) is 0.112. The summed E-state index contributed by atoms with van der Waals surface area (Å²) in [5.74, 6) is -1.32. The second-order valence-corrected chi connectivity index (χ2v) is 7.65. The van der Waals surface area contributed by atoms with Crippen molar-refractivity contribution in [1.82, 2.24) is 0 Å². The number of halogens is 1. The Hall–Kier alpha value is -2.05. The topological polar surface area (TPSA) is 74.7 Å². The molecule has 1 N–H and O–H groups in total. The zero-order chi connectivity index (χ0) is 16.6. The van der Waals surface area contributed by atoms with Crippen molar-refractivity contribution >= 4 is 33.3 Å². The molecule has 1 aliphatic heterocycles. The molecule has 0 aliphatic carbocycles. The van der Waals surface area contributed by atoms with Crippen molar-refractivity contribution in [3.05, 3.63) is 59.1 Å². The van der Waals surface area contributed by atoms with Crippen molar-refractivity contribution in [2.24, 2.45) is 0 Å². The molecule has 5 nitrogen and oxygen atoms in total. The summed E-state index contributed by atoms with van der Waals surface area (Å²) in [6.07, 6.45) is -0.113. The van der Waals surface area contributed by atoms with Crippen LogP contribution in [0.4, 0.5) is 5.69 Å². The third-order valence-electron chi connectivity index (χ3n) is 3.84. The van der Waals surface area contributed by atoms with Crippen molar-refractivity contribution < 1.29 is 18.3 Å². The fraction of sp³-hybridized carbons (Fsp3) is 0.188. The van der Waals surface area contributed by atoms with Gasteiger partial charge in [0.15, 0.2) is 0 Å². The summed E-state index contributed by atoms with van der Waals surface area (Å²) in [4.78, 5) is 11.1. The summed E-state index contributed by atoms with van der Waals surface area (Å²) in [5.41, 5.74) is 1.26. The van der Waals surface area contributed by atoms with Gasteiger partial charge in [-0.3, -0.25) is 9.10 Å². The minimum absolute atomic E-state index is 0.0933. The first-order chi connectivity index (χ1) is 10.9. The Bertz CT molecular complexity index is 866. The quantitative estimate of drug-likeness (QED) is 0.918. The second-order valence-electron chi connectivity index (χ2n) is 5.35. The molecule has 0 amide bonds. The number of anilines is 1. The summed E-state index contributed by atoms with van der Waals surface area (Å²) >= 11 is 5.89. The summed E-state index contributed by atoms with van der Waals surface area (Å²) in [7, 11) is -3.79. The molecule has 3 rings (SSSR count). The molecule has 1 heterocycles. The van der Waals surface area contributed by atoms with E-state index in [9.17, 15) is 13.2 Å². The maximum atomic E-state index is 12.9. The number of rotatable bonds is 4. The second kappa shape index (κ2) is 5.86. The van der Waals surface area contributed by atoms with Gasteiger partial charge < -0.3 is 5.11 Å². The number of carboxylic acids is 1. The van der Waals surface area contributed by atoms with Crippen LogP contribution in [0.2, 0.25) is 5.02 Å². The minimum Gasteiger partial charge on any atom is -0.481 e. The van der Waals surface area contributed by atoms with E-state index in [2.05, 4.69) is 0 Å². The van der Waals surface area contributed by atoms with Gasteiger partial charge in [-0.05, 0) is 29.8 Å². The molecule has 0 bridgehead atoms. The number of hydrogen-bond donors (Lipinski definition) is 1. The molecular weight excluding hydrogens is 338 g/mol. The van der Waals surface area contributed by atoms with Crippen LogP contribution in [0.1, 0.15) is 17.9 Å². The summed E-state index contributed by atoms with van der Waals surface area (Å²) in [6, 6.07) is 13.0. The standard InChI is InChI=1S/C16H14ClNO4S/c17-12-4-3-5-13(9-12)23(21,22)18-10-11(8-16(19)20)14-6-1-2-7-15(14)18/h1-7,9,11H,8,10H2,(H,19,20). The molecule has 0 aromatic heterocycles. The van der Waals surface area contributed by atoms with E-state index in [0.29, 0.717) is 10.7 Å². The first kappa shape index (κ1) is 15.8. The van der Waals surface area contributed by atoms with Crippen molar-refractivity contribution in [1.29, 1.82) is 0 Å². The van der Waals surface area contributed by atoms with E-state index in [4.69, 9.17) is 16.7 Å². The molecule has 0 radical (unpaired) electrons. The Morgan fingerprint density at radius 2 is 1.96 bits per heavy atom. The van der Waals surface area contributed by atoms with Gasteiger partial charge >= 0.3 is 5.97 Å². The number of aliphatic carboxylic acids is 1. The van der Waals surface area contributed by atoms with E-state index < -0.39 is 16.0 Å². The van der Waals surface area contributed by atoms with Crippen LogP contribution in [0, 0.1) is 0 Å². The van der Waals surface area contributed by atoms with E-state index in [1.165, 1.54) is 16.4 Å². The normalized spacial score (nSPS) is 17.1. The first-order valence-electron chi connectivity index (χ1n) is 6.98. The SMILES string of the molecule is O=C(O)CC1CN(S(=O)(=O)c2cccc(Cl)c2)c2ccccc21. The highest BCUT2D eigenvalue weighted by Crippen LogP contribution is 2.41. The van der Waals surface area contributed by atoms with Gasteiger partial charge in [-0.25, -0.2) is 8.42 Å². The first-order valence-corrected chi connectivity index (χ1v) is 8.80. The Labute approximate surface area is 139 Å². The molecule has 2 aromatic rings. The fourth-order valence-electron chi connectivity index (χ4n) is 2.82. The van der Waals surface area contributed by atoms with Crippen LogP contribution in [-0.4, -0.2) is 26.0 Å². The number of carboxylic acid groups (broad SMARTS) is 1. The Morgan fingerprint density at radius 3 is 2.65 bits per heavy atom. The van der Waals surface area contributed by atoms with Crippen LogP contribution in [0.15, 0.2) is 53.4 Å². The third kappa shape index (κ3) is 2.92. The van der Waals surface area contributed by atoms with Gasteiger partial charge in [-0.1, -0.05) is 35.9 Å². The lowest BCUT2D eigenvalue weighted by Crippen LogP contribution is -2.30. The monoisotopic (exact) mass is 351 g/mol. The zero-order valence-corrected chi connectivity index (χ0v) is 13.6. The number of para-hydroxylation sites is 1. The van der Waals surface area contributed by atoms with E-state index in [-0.39, 0.29) is 23.8 Å². The predicted molar refractivity (Wildman–Crippen MR) is 87.4 cm³/mol. The third-order valence-corrected chi connectivity index (χ3v) is 5.85. The van der Waals surface area contributed by atoms with Crippen molar-refractivity contribution in [3.8, 4) is 0 Å². The maximum Gasteiger partial charge on any atom is 0.304 e. The van der Waals surface area contributed by atoms with Gasteiger partial charge in [-0.2, -0.15) is 0 Å². The Kier molecular flexibility index (Phi) is 4.04. The van der Waals surface area contributed by atoms with E-state index in [0.717, 1.165) is 5.56 Å². The van der Waals surface area contributed by atoms with Gasteiger partial charge in [-0.15, -0.1) is 0 Å². The number of carbonyl (C=O) groups is 1. The van der Waals surface area contributed by atoms with Crippen molar-refractivity contribution in [2.45, 2.75) is 17.2 Å². The van der Waals surface area contributed by atoms with Gasteiger partial charge in [0.25, 0.3) is 10.0 Å². The maximum absolute atomic E-state index is 12.9. The molecule has 2 aromatic carbocycles. The lowest BCUT2D eigenvalue weighted by molar-refractivity contribution is -0.137. The smallest absolute Gasteiger partial charge is 0.304 e. The number of hydrogen-bond acceptors (Lipinski definition) is 3. The highest BCUT2D eigenvalue weighted by atomic mass is 35.5. The lowest BCUT2D eigenvalue weighted by atomic mass is 9.98. The van der Waals surface area contributed by atoms with Gasteiger partial charge in [0.1, 0.15) is 0 Å². The van der Waals surface area contributed by atoms with Gasteiger partial charge in [0.2, 0.25) is 0 Å². The fourth-order valence-corrected chi connectivity index (χ4v) is 4.66. The molecule has 1 aliphatic rings. The van der Waals surface area contributed by atoms with Gasteiger partial charge in [0.05, 0.1) is 17.0 Å². The molecule has 1 atom stereocenters. The molecule has 0 saturated heterocycles. The van der Waals surface area contributed by atoms with Crippen LogP contribution in [0.25, 0.3) is 0 Å². The van der Waals surface area contributed by atoms with E-state index in [1.807, 2.05) is 0 Å². The molecule has 0 spiro atoms. The molecule has 23 heavy (non-hydrogen) atoms. The largest absolute Gasteiger partial charge is 0.481 e. The molecular formula is C16H14ClNO4S. The zero-order valence-electron chi connectivity index (χ0n) is 12.0. The van der Waals surface area contributed by atoms with Gasteiger partial charge in [0, 0.05) is 17.5 Å². The molecule has 120 valence electrons. The average molecular weight is 352 g/mol. The van der Waals surface area contributed by atoms with Crippen molar-refractivity contribution in [3.63, 3.8) is 0 Å². The average Bonchev–Trinajstić information content (AvgIpc) is 2.86. The predicted octanol–water partition coefficient (Wildman–Crippen LogP) is 3.11. The van der Waals surface area contributed by atoms with Crippen LogP contribution in [0.3, 0.4) is 0 Å². The van der Waals surface area contributed by atoms with Crippen LogP contribution < -0.4 is 4.31 Å². The van der Waals surface area contributed by atoms with Crippen LogP contribution in [-0.2, 0) is 14.8 Å². The summed E-state index contributed by atoms with van der Waals surface area (Å²) < 4.78 is 27.1. The number of fused-ring (bicyclic) bond motifs is 1.